The van der Waals surface area contributed by atoms with Gasteiger partial charge in [-0.2, -0.15) is 5.10 Å². The number of rotatable bonds is 3. The first-order valence-electron chi connectivity index (χ1n) is 7.26. The number of fused-ring (bicyclic) bond motifs is 1. The number of hydrogen-bond donors (Lipinski definition) is 1. The van der Waals surface area contributed by atoms with Crippen LogP contribution < -0.4 is 5.32 Å². The molecule has 5 nitrogen and oxygen atoms in total. The van der Waals surface area contributed by atoms with Gasteiger partial charge in [-0.25, -0.2) is 0 Å². The highest BCUT2D eigenvalue weighted by Crippen LogP contribution is 2.29. The molecular formula is C14H22N4O. The van der Waals surface area contributed by atoms with E-state index in [1.54, 1.807) is 6.20 Å². The van der Waals surface area contributed by atoms with Gasteiger partial charge in [-0.3, -0.25) is 9.48 Å². The summed E-state index contributed by atoms with van der Waals surface area (Å²) < 4.78 is 1.94. The van der Waals surface area contributed by atoms with Crippen LogP contribution in [0.5, 0.6) is 0 Å². The van der Waals surface area contributed by atoms with Crippen LogP contribution in [-0.4, -0.2) is 46.3 Å². The average molecular weight is 262 g/mol. The van der Waals surface area contributed by atoms with Crippen LogP contribution in [0.3, 0.4) is 0 Å². The van der Waals surface area contributed by atoms with Crippen molar-refractivity contribution in [3.63, 3.8) is 0 Å². The largest absolute Gasteiger partial charge is 0.334 e. The van der Waals surface area contributed by atoms with E-state index in [4.69, 9.17) is 0 Å². The minimum absolute atomic E-state index is 0.163. The molecule has 2 aliphatic rings. The Bertz CT molecular complexity index is 482. The molecule has 1 amide bonds. The second-order valence-electron chi connectivity index (χ2n) is 5.64. The fourth-order valence-electron chi connectivity index (χ4n) is 3.35. The molecular weight excluding hydrogens is 240 g/mol. The van der Waals surface area contributed by atoms with E-state index in [1.807, 2.05) is 16.5 Å². The van der Waals surface area contributed by atoms with E-state index < -0.39 is 0 Å². The standard InChI is InChI=1S/C14H22N4O/c1-3-5-18-10(2)12(8-16-18)14(19)17-6-4-11-7-15-9-13(11)17/h8,11,13,15H,3-7,9H2,1-2H3/t11-,13+/m0/s1. The monoisotopic (exact) mass is 262 g/mol. The normalized spacial score (nSPS) is 25.9. The van der Waals surface area contributed by atoms with Gasteiger partial charge in [0.05, 0.1) is 11.8 Å². The molecule has 0 aromatic carbocycles. The van der Waals surface area contributed by atoms with E-state index >= 15 is 0 Å². The molecule has 3 heterocycles. The number of nitrogens with one attached hydrogen (secondary N) is 1. The molecule has 2 atom stereocenters. The first-order valence-corrected chi connectivity index (χ1v) is 7.26. The molecule has 0 radical (unpaired) electrons. The van der Waals surface area contributed by atoms with Gasteiger partial charge in [0.2, 0.25) is 0 Å². The Morgan fingerprint density at radius 3 is 3.16 bits per heavy atom. The number of amides is 1. The van der Waals surface area contributed by atoms with Crippen LogP contribution >= 0.6 is 0 Å². The molecule has 1 aromatic heterocycles. The quantitative estimate of drug-likeness (QED) is 0.885. The summed E-state index contributed by atoms with van der Waals surface area (Å²) in [6, 6.07) is 0.390. The lowest BCUT2D eigenvalue weighted by Gasteiger charge is -2.23. The fraction of sp³-hybridized carbons (Fsp3) is 0.714. The topological polar surface area (TPSA) is 50.2 Å². The van der Waals surface area contributed by atoms with Crippen molar-refractivity contribution < 1.29 is 4.79 Å². The van der Waals surface area contributed by atoms with Crippen molar-refractivity contribution in [2.24, 2.45) is 5.92 Å². The van der Waals surface area contributed by atoms with Gasteiger partial charge in [0.25, 0.3) is 5.91 Å². The molecule has 0 bridgehead atoms. The van der Waals surface area contributed by atoms with Crippen LogP contribution in [0, 0.1) is 12.8 Å². The minimum atomic E-state index is 0.163. The van der Waals surface area contributed by atoms with Crippen molar-refractivity contribution in [1.29, 1.82) is 0 Å². The summed E-state index contributed by atoms with van der Waals surface area (Å²) in [6.07, 6.45) is 3.91. The van der Waals surface area contributed by atoms with Gasteiger partial charge in [0, 0.05) is 37.9 Å². The Labute approximate surface area is 114 Å². The van der Waals surface area contributed by atoms with E-state index in [1.165, 1.54) is 0 Å². The summed E-state index contributed by atoms with van der Waals surface area (Å²) in [6.45, 7) is 7.90. The Balaban J connectivity index is 1.80. The molecule has 0 unspecified atom stereocenters. The lowest BCUT2D eigenvalue weighted by molar-refractivity contribution is 0.0736. The molecule has 5 heteroatoms. The minimum Gasteiger partial charge on any atom is -0.334 e. The van der Waals surface area contributed by atoms with Gasteiger partial charge >= 0.3 is 0 Å². The number of carbonyl (C=O) groups excluding carboxylic acids is 1. The van der Waals surface area contributed by atoms with Crippen LogP contribution in [0.15, 0.2) is 6.20 Å². The molecule has 2 saturated heterocycles. The zero-order chi connectivity index (χ0) is 13.4. The van der Waals surface area contributed by atoms with Crippen LogP contribution in [0.2, 0.25) is 0 Å². The van der Waals surface area contributed by atoms with Crippen molar-refractivity contribution in [2.75, 3.05) is 19.6 Å². The zero-order valence-electron chi connectivity index (χ0n) is 11.7. The average Bonchev–Trinajstić information content (AvgIpc) is 3.05. The fourth-order valence-corrected chi connectivity index (χ4v) is 3.35. The van der Waals surface area contributed by atoms with Crippen LogP contribution in [0.1, 0.15) is 35.8 Å². The van der Waals surface area contributed by atoms with E-state index in [0.717, 1.165) is 50.3 Å². The number of likely N-dealkylation sites (tertiary alicyclic amines) is 1. The van der Waals surface area contributed by atoms with Crippen molar-refractivity contribution in [2.45, 2.75) is 39.3 Å². The molecule has 0 aliphatic carbocycles. The number of aryl methyl sites for hydroxylation is 1. The van der Waals surface area contributed by atoms with Crippen LogP contribution in [0.25, 0.3) is 0 Å². The smallest absolute Gasteiger partial charge is 0.257 e. The highest BCUT2D eigenvalue weighted by atomic mass is 16.2. The summed E-state index contributed by atoms with van der Waals surface area (Å²) in [5, 5.41) is 7.72. The Hall–Kier alpha value is -1.36. The number of aromatic nitrogens is 2. The highest BCUT2D eigenvalue weighted by molar-refractivity contribution is 5.95. The third-order valence-electron chi connectivity index (χ3n) is 4.48. The van der Waals surface area contributed by atoms with Gasteiger partial charge < -0.3 is 10.2 Å². The lowest BCUT2D eigenvalue weighted by atomic mass is 10.0. The Morgan fingerprint density at radius 2 is 2.37 bits per heavy atom. The number of nitrogens with zero attached hydrogens (tertiary/aromatic N) is 3. The van der Waals surface area contributed by atoms with Gasteiger partial charge in [-0.15, -0.1) is 0 Å². The predicted molar refractivity (Wildman–Crippen MR) is 73.1 cm³/mol. The molecule has 3 rings (SSSR count). The molecule has 1 aromatic rings. The van der Waals surface area contributed by atoms with Crippen molar-refractivity contribution in [3.8, 4) is 0 Å². The highest BCUT2D eigenvalue weighted by Gasteiger charge is 2.40. The molecule has 1 N–H and O–H groups in total. The Kier molecular flexibility index (Phi) is 3.31. The first-order chi connectivity index (χ1) is 9.22. The maximum Gasteiger partial charge on any atom is 0.257 e. The summed E-state index contributed by atoms with van der Waals surface area (Å²) in [5.74, 6) is 0.811. The van der Waals surface area contributed by atoms with Crippen molar-refractivity contribution >= 4 is 5.91 Å². The van der Waals surface area contributed by atoms with E-state index in [2.05, 4.69) is 17.3 Å². The van der Waals surface area contributed by atoms with Crippen molar-refractivity contribution in [3.05, 3.63) is 17.5 Å². The first kappa shape index (κ1) is 12.7. The van der Waals surface area contributed by atoms with E-state index in [0.29, 0.717) is 12.0 Å². The van der Waals surface area contributed by atoms with Gasteiger partial charge in [-0.05, 0) is 25.7 Å². The number of carbonyl (C=O) groups is 1. The molecule has 19 heavy (non-hydrogen) atoms. The molecule has 2 aliphatic heterocycles. The van der Waals surface area contributed by atoms with Gasteiger partial charge in [-0.1, -0.05) is 6.92 Å². The van der Waals surface area contributed by atoms with Gasteiger partial charge in [0.15, 0.2) is 0 Å². The van der Waals surface area contributed by atoms with Crippen molar-refractivity contribution in [1.82, 2.24) is 20.0 Å². The summed E-state index contributed by atoms with van der Waals surface area (Å²) in [7, 11) is 0. The lowest BCUT2D eigenvalue weighted by Crippen LogP contribution is -2.39. The third kappa shape index (κ3) is 2.06. The molecule has 2 fully saturated rings. The second-order valence-corrected chi connectivity index (χ2v) is 5.64. The molecule has 0 saturated carbocycles. The zero-order valence-corrected chi connectivity index (χ0v) is 11.7. The number of hydrogen-bond acceptors (Lipinski definition) is 3. The Morgan fingerprint density at radius 1 is 1.53 bits per heavy atom. The predicted octanol–water partition coefficient (Wildman–Crippen LogP) is 1.04. The van der Waals surface area contributed by atoms with E-state index in [9.17, 15) is 4.79 Å². The van der Waals surface area contributed by atoms with Gasteiger partial charge in [0.1, 0.15) is 0 Å². The van der Waals surface area contributed by atoms with Crippen LogP contribution in [0.4, 0.5) is 0 Å². The SMILES string of the molecule is CCCn1ncc(C(=O)N2CC[C@H]3CNC[C@H]32)c1C. The molecule has 0 spiro atoms. The summed E-state index contributed by atoms with van der Waals surface area (Å²) in [4.78, 5) is 14.7. The van der Waals surface area contributed by atoms with Crippen LogP contribution in [-0.2, 0) is 6.54 Å². The van der Waals surface area contributed by atoms with E-state index in [-0.39, 0.29) is 5.91 Å². The maximum atomic E-state index is 12.7. The summed E-state index contributed by atoms with van der Waals surface area (Å²) in [5.41, 5.74) is 1.78. The third-order valence-corrected chi connectivity index (χ3v) is 4.48. The maximum absolute atomic E-state index is 12.7. The summed E-state index contributed by atoms with van der Waals surface area (Å²) >= 11 is 0. The second kappa shape index (κ2) is 4.96. The molecule has 104 valence electrons.